The summed E-state index contributed by atoms with van der Waals surface area (Å²) in [5.74, 6) is 0.224. The SMILES string of the molecule is Cc1c(Cl)sc2c1C(=O)C1=[N+](CCCC1)C2.[Br-]. The molecule has 0 aromatic carbocycles. The lowest BCUT2D eigenvalue weighted by Crippen LogP contribution is -3.00. The molecule has 0 saturated heterocycles. The van der Waals surface area contributed by atoms with E-state index in [9.17, 15) is 4.79 Å². The summed E-state index contributed by atoms with van der Waals surface area (Å²) in [6.45, 7) is 3.86. The van der Waals surface area contributed by atoms with Crippen molar-refractivity contribution in [3.63, 3.8) is 0 Å². The zero-order valence-electron chi connectivity index (χ0n) is 9.56. The highest BCUT2D eigenvalue weighted by Gasteiger charge is 2.37. The lowest BCUT2D eigenvalue weighted by Gasteiger charge is -2.18. The molecular weight excluding hydrogens is 322 g/mol. The summed E-state index contributed by atoms with van der Waals surface area (Å²) in [7, 11) is 0. The highest BCUT2D eigenvalue weighted by atomic mass is 79.9. The van der Waals surface area contributed by atoms with Crippen LogP contribution in [-0.2, 0) is 6.54 Å². The van der Waals surface area contributed by atoms with E-state index in [1.54, 1.807) is 11.3 Å². The summed E-state index contributed by atoms with van der Waals surface area (Å²) >= 11 is 7.69. The molecule has 0 aliphatic carbocycles. The Labute approximate surface area is 120 Å². The van der Waals surface area contributed by atoms with Crippen molar-refractivity contribution in [1.82, 2.24) is 0 Å². The van der Waals surface area contributed by atoms with Gasteiger partial charge in [0, 0.05) is 12.8 Å². The van der Waals surface area contributed by atoms with Gasteiger partial charge in [-0.3, -0.25) is 4.79 Å². The van der Waals surface area contributed by atoms with Crippen molar-refractivity contribution in [3.05, 3.63) is 20.3 Å². The zero-order chi connectivity index (χ0) is 11.3. The Morgan fingerprint density at radius 1 is 1.35 bits per heavy atom. The predicted molar refractivity (Wildman–Crippen MR) is 66.1 cm³/mol. The van der Waals surface area contributed by atoms with Gasteiger partial charge in [0.25, 0.3) is 5.78 Å². The van der Waals surface area contributed by atoms with E-state index in [1.165, 1.54) is 6.42 Å². The molecule has 17 heavy (non-hydrogen) atoms. The van der Waals surface area contributed by atoms with E-state index in [0.29, 0.717) is 0 Å². The van der Waals surface area contributed by atoms with E-state index in [4.69, 9.17) is 11.6 Å². The molecule has 5 heteroatoms. The molecule has 3 heterocycles. The van der Waals surface area contributed by atoms with Crippen molar-refractivity contribution >= 4 is 34.4 Å². The molecule has 0 amide bonds. The average molecular weight is 335 g/mol. The minimum atomic E-state index is 0. The molecule has 2 aliphatic heterocycles. The second-order valence-corrected chi connectivity index (χ2v) is 6.16. The number of carbonyl (C=O) groups is 1. The van der Waals surface area contributed by atoms with Gasteiger partial charge in [0.2, 0.25) is 5.71 Å². The third-order valence-electron chi connectivity index (χ3n) is 3.46. The monoisotopic (exact) mass is 333 g/mol. The van der Waals surface area contributed by atoms with Crippen LogP contribution in [-0.4, -0.2) is 22.6 Å². The van der Waals surface area contributed by atoms with E-state index in [-0.39, 0.29) is 22.8 Å². The summed E-state index contributed by atoms with van der Waals surface area (Å²) in [6.07, 6.45) is 3.28. The number of carbonyl (C=O) groups excluding carboxylic acids is 1. The fourth-order valence-electron chi connectivity index (χ4n) is 2.59. The highest BCUT2D eigenvalue weighted by molar-refractivity contribution is 7.16. The Bertz CT molecular complexity index is 521. The molecule has 0 bridgehead atoms. The van der Waals surface area contributed by atoms with Crippen molar-refractivity contribution in [2.45, 2.75) is 32.7 Å². The van der Waals surface area contributed by atoms with Crippen LogP contribution in [0, 0.1) is 6.92 Å². The van der Waals surface area contributed by atoms with Crippen molar-refractivity contribution in [2.24, 2.45) is 0 Å². The van der Waals surface area contributed by atoms with Gasteiger partial charge in [0.15, 0.2) is 6.54 Å². The van der Waals surface area contributed by atoms with E-state index in [0.717, 1.165) is 52.0 Å². The fraction of sp³-hybridized carbons (Fsp3) is 0.500. The highest BCUT2D eigenvalue weighted by Crippen LogP contribution is 2.36. The van der Waals surface area contributed by atoms with Crippen LogP contribution in [0.4, 0.5) is 0 Å². The van der Waals surface area contributed by atoms with Gasteiger partial charge in [0.05, 0.1) is 14.8 Å². The van der Waals surface area contributed by atoms with Crippen LogP contribution in [0.25, 0.3) is 0 Å². The lowest BCUT2D eigenvalue weighted by atomic mass is 9.94. The van der Waals surface area contributed by atoms with Crippen LogP contribution in [0.3, 0.4) is 0 Å². The maximum Gasteiger partial charge on any atom is 0.253 e. The van der Waals surface area contributed by atoms with Gasteiger partial charge in [-0.1, -0.05) is 11.6 Å². The van der Waals surface area contributed by atoms with Gasteiger partial charge in [-0.15, -0.1) is 11.3 Å². The normalized spacial score (nSPS) is 18.6. The molecule has 0 spiro atoms. The van der Waals surface area contributed by atoms with Gasteiger partial charge in [-0.05, 0) is 18.9 Å². The Hall–Kier alpha value is -0.190. The Balaban J connectivity index is 0.00000108. The topological polar surface area (TPSA) is 20.1 Å². The molecule has 0 N–H and O–H groups in total. The van der Waals surface area contributed by atoms with Crippen LogP contribution in [0.5, 0.6) is 0 Å². The first-order chi connectivity index (χ1) is 7.68. The van der Waals surface area contributed by atoms with Gasteiger partial charge in [0.1, 0.15) is 6.54 Å². The lowest BCUT2D eigenvalue weighted by molar-refractivity contribution is -0.548. The number of thiophene rings is 1. The van der Waals surface area contributed by atoms with Crippen LogP contribution in [0.2, 0.25) is 4.34 Å². The summed E-state index contributed by atoms with van der Waals surface area (Å²) in [4.78, 5) is 13.5. The number of Topliss-reactive ketones (excluding diaryl/α,β-unsaturated/α-hetero) is 1. The molecule has 92 valence electrons. The van der Waals surface area contributed by atoms with Crippen LogP contribution >= 0.6 is 22.9 Å². The standard InChI is InChI=1S/C12H13ClNOS.BrH/c1-7-10-9(16-12(7)13)6-14-5-3-2-4-8(14)11(10)15;/h2-6H2,1H3;1H/q+1;/p-1. The number of hydrogen-bond acceptors (Lipinski definition) is 2. The number of halogens is 2. The number of fused-ring (bicyclic) bond motifs is 1. The van der Waals surface area contributed by atoms with Crippen molar-refractivity contribution in [1.29, 1.82) is 0 Å². The molecule has 1 aromatic rings. The number of ketones is 1. The third kappa shape index (κ3) is 2.00. The second-order valence-electron chi connectivity index (χ2n) is 4.45. The molecule has 0 atom stereocenters. The zero-order valence-corrected chi connectivity index (χ0v) is 12.7. The molecule has 0 fully saturated rings. The second kappa shape index (κ2) is 4.82. The third-order valence-corrected chi connectivity index (χ3v) is 5.04. The molecule has 0 saturated carbocycles. The summed E-state index contributed by atoms with van der Waals surface area (Å²) < 4.78 is 3.01. The summed E-state index contributed by atoms with van der Waals surface area (Å²) in [5, 5.41) is 0. The largest absolute Gasteiger partial charge is 1.00 e. The molecule has 1 aromatic heterocycles. The smallest absolute Gasteiger partial charge is 0.253 e. The number of rotatable bonds is 0. The molecular formula is C12H13BrClNOS. The maximum atomic E-state index is 12.4. The molecule has 2 aliphatic rings. The summed E-state index contributed by atoms with van der Waals surface area (Å²) in [6, 6.07) is 0. The van der Waals surface area contributed by atoms with Crippen molar-refractivity contribution < 1.29 is 26.4 Å². The van der Waals surface area contributed by atoms with E-state index >= 15 is 0 Å². The molecule has 0 radical (unpaired) electrons. The molecule has 0 unspecified atom stereocenters. The number of hydrogen-bond donors (Lipinski definition) is 0. The fourth-order valence-corrected chi connectivity index (χ4v) is 4.00. The minimum Gasteiger partial charge on any atom is -1.00 e. The van der Waals surface area contributed by atoms with E-state index in [2.05, 4.69) is 4.58 Å². The van der Waals surface area contributed by atoms with Gasteiger partial charge in [-0.25, -0.2) is 4.58 Å². The molecule has 2 nitrogen and oxygen atoms in total. The maximum absolute atomic E-state index is 12.4. The van der Waals surface area contributed by atoms with Crippen LogP contribution < -0.4 is 17.0 Å². The van der Waals surface area contributed by atoms with E-state index in [1.807, 2.05) is 6.92 Å². The van der Waals surface area contributed by atoms with Crippen LogP contribution in [0.15, 0.2) is 0 Å². The Morgan fingerprint density at radius 2 is 2.12 bits per heavy atom. The van der Waals surface area contributed by atoms with Crippen molar-refractivity contribution in [3.8, 4) is 0 Å². The van der Waals surface area contributed by atoms with E-state index < -0.39 is 0 Å². The minimum absolute atomic E-state index is 0. The quantitative estimate of drug-likeness (QED) is 0.614. The van der Waals surface area contributed by atoms with Gasteiger partial charge in [-0.2, -0.15) is 0 Å². The molecule has 3 rings (SSSR count). The summed E-state index contributed by atoms with van der Waals surface area (Å²) in [5.41, 5.74) is 2.88. The first-order valence-corrected chi connectivity index (χ1v) is 6.81. The first kappa shape index (κ1) is 13.2. The van der Waals surface area contributed by atoms with Crippen LogP contribution in [0.1, 0.15) is 40.1 Å². The van der Waals surface area contributed by atoms with Crippen molar-refractivity contribution in [2.75, 3.05) is 6.54 Å². The first-order valence-electron chi connectivity index (χ1n) is 5.61. The Kier molecular flexibility index (Phi) is 3.76. The number of nitrogens with zero attached hydrogens (tertiary/aromatic N) is 1. The van der Waals surface area contributed by atoms with Gasteiger partial charge < -0.3 is 17.0 Å². The average Bonchev–Trinajstić information content (AvgIpc) is 2.55. The predicted octanol–water partition coefficient (Wildman–Crippen LogP) is 0.0476. The van der Waals surface area contributed by atoms with Gasteiger partial charge >= 0.3 is 0 Å². The Morgan fingerprint density at radius 3 is 2.88 bits per heavy atom.